The fourth-order valence-electron chi connectivity index (χ4n) is 5.12. The third-order valence-corrected chi connectivity index (χ3v) is 12.6. The molecule has 3 rings (SSSR count). The SMILES string of the molecule is C=CCOC(=O)N1CCC[C@H]1/C=C(\C)C1=C(C(=O)O)N2C(=O)[C@H]([C@@H](C)O[Si](C)(C)C(C)(C)C)[C@H]2C1. The highest BCUT2D eigenvalue weighted by atomic mass is 28.4. The van der Waals surface area contributed by atoms with E-state index in [2.05, 4.69) is 40.4 Å². The van der Waals surface area contributed by atoms with Crippen molar-refractivity contribution in [2.45, 2.75) is 90.2 Å². The Morgan fingerprint density at radius 3 is 2.54 bits per heavy atom. The van der Waals surface area contributed by atoms with E-state index in [1.165, 1.54) is 11.0 Å². The van der Waals surface area contributed by atoms with Gasteiger partial charge < -0.3 is 24.1 Å². The van der Waals surface area contributed by atoms with Crippen LogP contribution >= 0.6 is 0 Å². The number of carboxylic acids is 1. The van der Waals surface area contributed by atoms with E-state index in [1.807, 2.05) is 19.9 Å². The van der Waals surface area contributed by atoms with E-state index < -0.39 is 20.4 Å². The molecule has 0 saturated carbocycles. The van der Waals surface area contributed by atoms with Gasteiger partial charge in [-0.25, -0.2) is 9.59 Å². The van der Waals surface area contributed by atoms with Crippen LogP contribution in [0.3, 0.4) is 0 Å². The van der Waals surface area contributed by atoms with Crippen molar-refractivity contribution in [1.29, 1.82) is 0 Å². The summed E-state index contributed by atoms with van der Waals surface area (Å²) in [6.45, 7) is 18.9. The van der Waals surface area contributed by atoms with Gasteiger partial charge in [0.25, 0.3) is 0 Å². The minimum absolute atomic E-state index is 0.0123. The number of hydrogen-bond donors (Lipinski definition) is 1. The molecule has 3 aliphatic rings. The van der Waals surface area contributed by atoms with Crippen LogP contribution in [0.5, 0.6) is 0 Å². The molecule has 1 N–H and O–H groups in total. The van der Waals surface area contributed by atoms with E-state index in [1.54, 1.807) is 4.90 Å². The van der Waals surface area contributed by atoms with Gasteiger partial charge in [-0.05, 0) is 62.4 Å². The Labute approximate surface area is 209 Å². The van der Waals surface area contributed by atoms with Gasteiger partial charge in [0.1, 0.15) is 12.3 Å². The number of likely N-dealkylation sites (tertiary alicyclic amines) is 1. The average Bonchev–Trinajstić information content (AvgIpc) is 3.33. The molecule has 0 aromatic rings. The first-order valence-electron chi connectivity index (χ1n) is 12.4. The van der Waals surface area contributed by atoms with Gasteiger partial charge in [0, 0.05) is 6.54 Å². The summed E-state index contributed by atoms with van der Waals surface area (Å²) < 4.78 is 11.7. The van der Waals surface area contributed by atoms with Gasteiger partial charge in [0.05, 0.1) is 24.1 Å². The fraction of sp³-hybridized carbons (Fsp3) is 0.654. The molecule has 2 saturated heterocycles. The van der Waals surface area contributed by atoms with Crippen molar-refractivity contribution in [2.24, 2.45) is 5.92 Å². The molecule has 0 spiro atoms. The summed E-state index contributed by atoms with van der Waals surface area (Å²) in [7, 11) is -2.08. The number of fused-ring (bicyclic) bond motifs is 1. The molecule has 3 aliphatic heterocycles. The second-order valence-electron chi connectivity index (χ2n) is 11.3. The van der Waals surface area contributed by atoms with Crippen LogP contribution in [0.1, 0.15) is 53.9 Å². The van der Waals surface area contributed by atoms with E-state index in [9.17, 15) is 19.5 Å². The zero-order valence-corrected chi connectivity index (χ0v) is 23.1. The largest absolute Gasteiger partial charge is 0.477 e. The number of allylic oxidation sites excluding steroid dienone is 1. The maximum atomic E-state index is 13.2. The number of hydrogen-bond acceptors (Lipinski definition) is 5. The van der Waals surface area contributed by atoms with E-state index in [0.29, 0.717) is 18.5 Å². The summed E-state index contributed by atoms with van der Waals surface area (Å²) in [6.07, 6.45) is 4.89. The number of nitrogens with zero attached hydrogens (tertiary/aromatic N) is 2. The quantitative estimate of drug-likeness (QED) is 0.292. The zero-order chi connectivity index (χ0) is 26.3. The third-order valence-electron chi connectivity index (χ3n) is 7.98. The number of aliphatic carboxylic acids is 1. The third kappa shape index (κ3) is 5.11. The van der Waals surface area contributed by atoms with Crippen molar-refractivity contribution in [3.63, 3.8) is 0 Å². The Morgan fingerprint density at radius 2 is 1.97 bits per heavy atom. The molecule has 9 heteroatoms. The highest BCUT2D eigenvalue weighted by molar-refractivity contribution is 6.74. The van der Waals surface area contributed by atoms with Gasteiger partial charge in [-0.3, -0.25) is 4.79 Å². The van der Waals surface area contributed by atoms with Crippen LogP contribution in [0, 0.1) is 5.92 Å². The maximum absolute atomic E-state index is 13.2. The molecule has 2 amide bonds. The Hall–Kier alpha value is -2.39. The molecule has 4 atom stereocenters. The van der Waals surface area contributed by atoms with Crippen molar-refractivity contribution < 1.29 is 28.7 Å². The minimum Gasteiger partial charge on any atom is -0.477 e. The first-order valence-corrected chi connectivity index (χ1v) is 15.3. The molecule has 0 radical (unpaired) electrons. The number of carboxylic acid groups (broad SMARTS) is 1. The van der Waals surface area contributed by atoms with E-state index >= 15 is 0 Å². The van der Waals surface area contributed by atoms with Gasteiger partial charge in [0.2, 0.25) is 5.91 Å². The van der Waals surface area contributed by atoms with Crippen molar-refractivity contribution in [2.75, 3.05) is 13.2 Å². The molecule has 0 aliphatic carbocycles. The number of carbonyl (C=O) groups excluding carboxylic acids is 2. The van der Waals surface area contributed by atoms with Gasteiger partial charge >= 0.3 is 12.1 Å². The van der Waals surface area contributed by atoms with Crippen LogP contribution in [-0.4, -0.2) is 72.5 Å². The van der Waals surface area contributed by atoms with Crippen LogP contribution in [0.25, 0.3) is 0 Å². The standard InChI is InChI=1S/C26H40N2O6Si/c1-9-13-33-25(32)27-12-10-11-18(27)14-16(2)19-15-20-21(23(29)28(20)22(19)24(30)31)17(3)34-35(7,8)26(4,5)6/h9,14,17-18,20-21H,1,10-13,15H2,2-8H3,(H,30,31)/b16-14+/t17-,18+,20-,21-/m1/s1. The molecular weight excluding hydrogens is 464 g/mol. The number of carbonyl (C=O) groups is 3. The van der Waals surface area contributed by atoms with Crippen LogP contribution in [-0.2, 0) is 18.8 Å². The van der Waals surface area contributed by atoms with Gasteiger partial charge in [-0.1, -0.05) is 39.5 Å². The Kier molecular flexibility index (Phi) is 7.72. The predicted octanol–water partition coefficient (Wildman–Crippen LogP) is 4.70. The van der Waals surface area contributed by atoms with Gasteiger partial charge in [-0.2, -0.15) is 0 Å². The molecule has 0 aromatic carbocycles. The Morgan fingerprint density at radius 1 is 1.31 bits per heavy atom. The molecule has 8 nitrogen and oxygen atoms in total. The summed E-state index contributed by atoms with van der Waals surface area (Å²) in [5.41, 5.74) is 1.50. The lowest BCUT2D eigenvalue weighted by molar-refractivity contribution is -0.160. The fourth-order valence-corrected chi connectivity index (χ4v) is 6.55. The predicted molar refractivity (Wildman–Crippen MR) is 136 cm³/mol. The highest BCUT2D eigenvalue weighted by Crippen LogP contribution is 2.48. The Bertz CT molecular complexity index is 963. The van der Waals surface area contributed by atoms with Crippen LogP contribution in [0.4, 0.5) is 4.79 Å². The van der Waals surface area contributed by atoms with Crippen LogP contribution < -0.4 is 0 Å². The highest BCUT2D eigenvalue weighted by Gasteiger charge is 2.58. The second-order valence-corrected chi connectivity index (χ2v) is 16.1. The topological polar surface area (TPSA) is 96.4 Å². The lowest BCUT2D eigenvalue weighted by Gasteiger charge is -2.48. The second kappa shape index (κ2) is 9.93. The lowest BCUT2D eigenvalue weighted by atomic mass is 9.82. The van der Waals surface area contributed by atoms with Crippen LogP contribution in [0.15, 0.2) is 35.6 Å². The molecular formula is C26H40N2O6Si. The molecule has 2 fully saturated rings. The Balaban J connectivity index is 1.81. The molecule has 35 heavy (non-hydrogen) atoms. The van der Waals surface area contributed by atoms with E-state index in [0.717, 1.165) is 18.4 Å². The lowest BCUT2D eigenvalue weighted by Crippen LogP contribution is -2.63. The van der Waals surface area contributed by atoms with Gasteiger partial charge in [-0.15, -0.1) is 0 Å². The maximum Gasteiger partial charge on any atom is 0.410 e. The van der Waals surface area contributed by atoms with E-state index in [4.69, 9.17) is 9.16 Å². The minimum atomic E-state index is -2.08. The van der Waals surface area contributed by atoms with Crippen molar-refractivity contribution >= 4 is 26.3 Å². The number of ether oxygens (including phenoxy) is 1. The normalized spacial score (nSPS) is 26.0. The first kappa shape index (κ1) is 27.2. The smallest absolute Gasteiger partial charge is 0.410 e. The van der Waals surface area contributed by atoms with Crippen LogP contribution in [0.2, 0.25) is 18.1 Å². The summed E-state index contributed by atoms with van der Waals surface area (Å²) in [4.78, 5) is 40.9. The summed E-state index contributed by atoms with van der Waals surface area (Å²) in [6, 6.07) is -0.389. The molecule has 194 valence electrons. The molecule has 0 unspecified atom stereocenters. The first-order chi connectivity index (χ1) is 16.2. The summed E-state index contributed by atoms with van der Waals surface area (Å²) in [5.74, 6) is -1.65. The molecule has 0 aromatic heterocycles. The molecule has 3 heterocycles. The van der Waals surface area contributed by atoms with Crippen molar-refractivity contribution in [3.05, 3.63) is 35.6 Å². The summed E-state index contributed by atoms with van der Waals surface area (Å²) in [5, 5.41) is 10.0. The van der Waals surface area contributed by atoms with Crippen molar-refractivity contribution in [1.82, 2.24) is 9.80 Å². The summed E-state index contributed by atoms with van der Waals surface area (Å²) >= 11 is 0. The monoisotopic (exact) mass is 504 g/mol. The number of β-lactam (4-membered cyclic amide) rings is 1. The molecule has 0 bridgehead atoms. The average molecular weight is 505 g/mol. The van der Waals surface area contributed by atoms with E-state index in [-0.39, 0.29) is 47.4 Å². The number of amides is 2. The number of rotatable bonds is 8. The zero-order valence-electron chi connectivity index (χ0n) is 22.1. The van der Waals surface area contributed by atoms with Crippen molar-refractivity contribution in [3.8, 4) is 0 Å². The van der Waals surface area contributed by atoms with Gasteiger partial charge in [0.15, 0.2) is 8.32 Å².